The zero-order chi connectivity index (χ0) is 13.8. The Bertz CT molecular complexity index is 518. The molecule has 2 unspecified atom stereocenters. The largest absolute Gasteiger partial charge is 0.482 e. The highest BCUT2D eigenvalue weighted by Crippen LogP contribution is 2.24. The molecule has 1 heterocycles. The maximum absolute atomic E-state index is 8.92. The summed E-state index contributed by atoms with van der Waals surface area (Å²) in [5.41, 5.74) is 1.68. The summed E-state index contributed by atoms with van der Waals surface area (Å²) < 4.78 is 6.07. The van der Waals surface area contributed by atoms with E-state index in [1.807, 2.05) is 24.2 Å². The van der Waals surface area contributed by atoms with Crippen molar-refractivity contribution in [2.45, 2.75) is 38.8 Å². The Morgan fingerprint density at radius 2 is 2.21 bits per heavy atom. The van der Waals surface area contributed by atoms with E-state index in [0.29, 0.717) is 5.56 Å². The van der Waals surface area contributed by atoms with E-state index in [0.717, 1.165) is 24.3 Å². The first-order valence-electron chi connectivity index (χ1n) is 6.66. The standard InChI is InChI=1S/C15H19N3O/c1-4-13-15(14(5-2)18(3)17-13)19-12-8-6-7-11(9-12)10-16/h6-9,14-15H,4-5H2,1-3H3. The summed E-state index contributed by atoms with van der Waals surface area (Å²) in [7, 11) is 1.99. The lowest BCUT2D eigenvalue weighted by atomic mass is 10.0. The summed E-state index contributed by atoms with van der Waals surface area (Å²) in [6.07, 6.45) is 1.84. The van der Waals surface area contributed by atoms with Crippen LogP contribution < -0.4 is 4.74 Å². The van der Waals surface area contributed by atoms with Crippen molar-refractivity contribution in [2.24, 2.45) is 5.10 Å². The zero-order valence-corrected chi connectivity index (χ0v) is 11.6. The average molecular weight is 257 g/mol. The van der Waals surface area contributed by atoms with E-state index in [1.54, 1.807) is 12.1 Å². The zero-order valence-electron chi connectivity index (χ0n) is 11.6. The Kier molecular flexibility index (Phi) is 4.06. The van der Waals surface area contributed by atoms with Gasteiger partial charge in [0.05, 0.1) is 23.4 Å². The lowest BCUT2D eigenvalue weighted by Crippen LogP contribution is -2.39. The first-order chi connectivity index (χ1) is 9.19. The van der Waals surface area contributed by atoms with Crippen LogP contribution in [0.3, 0.4) is 0 Å². The molecule has 0 aromatic heterocycles. The molecule has 1 aromatic rings. The SMILES string of the molecule is CCC1=NN(C)C(CC)C1Oc1cccc(C#N)c1. The second-order valence-electron chi connectivity index (χ2n) is 4.67. The van der Waals surface area contributed by atoms with Crippen LogP contribution in [0.25, 0.3) is 0 Å². The van der Waals surface area contributed by atoms with Gasteiger partial charge in [0.25, 0.3) is 0 Å². The van der Waals surface area contributed by atoms with E-state index in [-0.39, 0.29) is 12.1 Å². The molecule has 1 aliphatic rings. The molecule has 1 aliphatic heterocycles. The molecular weight excluding hydrogens is 238 g/mol. The van der Waals surface area contributed by atoms with Gasteiger partial charge in [0.2, 0.25) is 0 Å². The summed E-state index contributed by atoms with van der Waals surface area (Å²) in [4.78, 5) is 0. The molecule has 0 fully saturated rings. The van der Waals surface area contributed by atoms with Crippen molar-refractivity contribution < 1.29 is 4.74 Å². The van der Waals surface area contributed by atoms with Crippen LogP contribution in [-0.2, 0) is 0 Å². The first kappa shape index (κ1) is 13.4. The Hall–Kier alpha value is -2.02. The topological polar surface area (TPSA) is 48.6 Å². The molecule has 0 saturated carbocycles. The molecule has 1 aromatic carbocycles. The van der Waals surface area contributed by atoms with Crippen molar-refractivity contribution in [1.29, 1.82) is 5.26 Å². The second-order valence-corrected chi connectivity index (χ2v) is 4.67. The number of likely N-dealkylation sites (N-methyl/N-ethyl adjacent to an activating group) is 1. The van der Waals surface area contributed by atoms with Gasteiger partial charge in [-0.2, -0.15) is 10.4 Å². The summed E-state index contributed by atoms with van der Waals surface area (Å²) in [5, 5.41) is 15.4. The molecule has 4 nitrogen and oxygen atoms in total. The minimum atomic E-state index is -0.0195. The minimum absolute atomic E-state index is 0.0195. The molecule has 19 heavy (non-hydrogen) atoms. The lowest BCUT2D eigenvalue weighted by Gasteiger charge is -2.24. The highest BCUT2D eigenvalue weighted by atomic mass is 16.5. The van der Waals surface area contributed by atoms with Crippen LogP contribution in [-0.4, -0.2) is 29.9 Å². The van der Waals surface area contributed by atoms with Crippen molar-refractivity contribution in [1.82, 2.24) is 5.01 Å². The third-order valence-corrected chi connectivity index (χ3v) is 3.45. The average Bonchev–Trinajstić information content (AvgIpc) is 2.74. The van der Waals surface area contributed by atoms with Crippen molar-refractivity contribution in [3.63, 3.8) is 0 Å². The monoisotopic (exact) mass is 257 g/mol. The molecule has 2 rings (SSSR count). The van der Waals surface area contributed by atoms with Gasteiger partial charge in [0.1, 0.15) is 5.75 Å². The maximum Gasteiger partial charge on any atom is 0.160 e. The van der Waals surface area contributed by atoms with Crippen LogP contribution in [0.15, 0.2) is 29.4 Å². The first-order valence-corrected chi connectivity index (χ1v) is 6.66. The van der Waals surface area contributed by atoms with Crippen LogP contribution in [0, 0.1) is 11.3 Å². The third kappa shape index (κ3) is 2.70. The fourth-order valence-electron chi connectivity index (χ4n) is 2.43. The molecule has 0 amide bonds. The van der Waals surface area contributed by atoms with E-state index in [4.69, 9.17) is 10.00 Å². The predicted octanol–water partition coefficient (Wildman–Crippen LogP) is 2.80. The molecule has 0 aliphatic carbocycles. The molecule has 100 valence electrons. The predicted molar refractivity (Wildman–Crippen MR) is 75.1 cm³/mol. The van der Waals surface area contributed by atoms with Gasteiger partial charge in [-0.15, -0.1) is 0 Å². The smallest absolute Gasteiger partial charge is 0.160 e. The number of hydrogen-bond acceptors (Lipinski definition) is 4. The third-order valence-electron chi connectivity index (χ3n) is 3.45. The minimum Gasteiger partial charge on any atom is -0.482 e. The van der Waals surface area contributed by atoms with Gasteiger partial charge in [-0.1, -0.05) is 19.9 Å². The van der Waals surface area contributed by atoms with Gasteiger partial charge in [0, 0.05) is 7.05 Å². The van der Waals surface area contributed by atoms with Crippen molar-refractivity contribution in [2.75, 3.05) is 7.05 Å². The number of hydrazone groups is 1. The maximum atomic E-state index is 8.92. The summed E-state index contributed by atoms with van der Waals surface area (Å²) >= 11 is 0. The van der Waals surface area contributed by atoms with Crippen molar-refractivity contribution in [3.8, 4) is 11.8 Å². The Labute approximate surface area is 114 Å². The number of rotatable bonds is 4. The highest BCUT2D eigenvalue weighted by molar-refractivity contribution is 5.90. The molecule has 0 spiro atoms. The Balaban J connectivity index is 2.20. The van der Waals surface area contributed by atoms with Gasteiger partial charge in [0.15, 0.2) is 6.10 Å². The van der Waals surface area contributed by atoms with E-state index < -0.39 is 0 Å². The van der Waals surface area contributed by atoms with E-state index >= 15 is 0 Å². The fourth-order valence-corrected chi connectivity index (χ4v) is 2.43. The van der Waals surface area contributed by atoms with Crippen LogP contribution >= 0.6 is 0 Å². The molecule has 0 radical (unpaired) electrons. The van der Waals surface area contributed by atoms with Gasteiger partial charge in [-0.25, -0.2) is 0 Å². The van der Waals surface area contributed by atoms with Gasteiger partial charge in [-0.05, 0) is 31.0 Å². The molecular formula is C15H19N3O. The van der Waals surface area contributed by atoms with Gasteiger partial charge >= 0.3 is 0 Å². The van der Waals surface area contributed by atoms with Crippen molar-refractivity contribution >= 4 is 5.71 Å². The number of nitriles is 1. The number of ether oxygens (including phenoxy) is 1. The Morgan fingerprint density at radius 1 is 1.42 bits per heavy atom. The molecule has 0 saturated heterocycles. The number of benzene rings is 1. The fraction of sp³-hybridized carbons (Fsp3) is 0.467. The lowest BCUT2D eigenvalue weighted by molar-refractivity contribution is 0.152. The van der Waals surface area contributed by atoms with Crippen LogP contribution in [0.4, 0.5) is 0 Å². The van der Waals surface area contributed by atoms with Gasteiger partial charge in [-0.3, -0.25) is 5.01 Å². The second kappa shape index (κ2) is 5.75. The number of nitrogens with zero attached hydrogens (tertiary/aromatic N) is 3. The number of hydrogen-bond donors (Lipinski definition) is 0. The van der Waals surface area contributed by atoms with Crippen LogP contribution in [0.5, 0.6) is 5.75 Å². The van der Waals surface area contributed by atoms with Crippen LogP contribution in [0.2, 0.25) is 0 Å². The van der Waals surface area contributed by atoms with E-state index in [9.17, 15) is 0 Å². The van der Waals surface area contributed by atoms with E-state index in [2.05, 4.69) is 25.0 Å². The van der Waals surface area contributed by atoms with Crippen molar-refractivity contribution in [3.05, 3.63) is 29.8 Å². The molecule has 0 N–H and O–H groups in total. The summed E-state index contributed by atoms with van der Waals surface area (Å²) in [6, 6.07) is 9.68. The molecule has 4 heteroatoms. The normalized spacial score (nSPS) is 22.0. The highest BCUT2D eigenvalue weighted by Gasteiger charge is 2.35. The molecule has 0 bridgehead atoms. The summed E-state index contributed by atoms with van der Waals surface area (Å²) in [5.74, 6) is 0.735. The van der Waals surface area contributed by atoms with E-state index in [1.165, 1.54) is 0 Å². The van der Waals surface area contributed by atoms with Gasteiger partial charge < -0.3 is 4.74 Å². The summed E-state index contributed by atoms with van der Waals surface area (Å²) in [6.45, 7) is 4.23. The van der Waals surface area contributed by atoms with Crippen LogP contribution in [0.1, 0.15) is 32.3 Å². The quantitative estimate of drug-likeness (QED) is 0.833. The molecule has 2 atom stereocenters. The Morgan fingerprint density at radius 3 is 2.84 bits per heavy atom.